The van der Waals surface area contributed by atoms with Crippen LogP contribution in [0.5, 0.6) is 0 Å². The first kappa shape index (κ1) is 15.9. The van der Waals surface area contributed by atoms with E-state index in [0.717, 1.165) is 16.2 Å². The monoisotopic (exact) mass is 305 g/mol. The van der Waals surface area contributed by atoms with Crippen LogP contribution in [0.25, 0.3) is 11.0 Å². The molecule has 0 fully saturated rings. The van der Waals surface area contributed by atoms with Crippen LogP contribution in [0, 0.1) is 0 Å². The topological polar surface area (TPSA) is 38.1 Å². The van der Waals surface area contributed by atoms with Gasteiger partial charge in [0.25, 0.3) is 0 Å². The molecule has 5 heteroatoms. The molecule has 1 heterocycles. The Bertz CT molecular complexity index is 625. The number of rotatable bonds is 5. The Morgan fingerprint density at radius 1 is 1.24 bits per heavy atom. The van der Waals surface area contributed by atoms with Gasteiger partial charge in [-0.25, -0.2) is 4.98 Å². The van der Waals surface area contributed by atoms with Gasteiger partial charge in [0.15, 0.2) is 5.16 Å². The molecule has 21 heavy (non-hydrogen) atoms. The molecule has 0 radical (unpaired) electrons. The van der Waals surface area contributed by atoms with E-state index in [-0.39, 0.29) is 18.0 Å². The molecule has 0 aliphatic heterocycles. The molecule has 1 aromatic heterocycles. The van der Waals surface area contributed by atoms with E-state index in [9.17, 15) is 4.79 Å². The van der Waals surface area contributed by atoms with Gasteiger partial charge in [0.1, 0.15) is 0 Å². The van der Waals surface area contributed by atoms with Crippen molar-refractivity contribution < 1.29 is 4.79 Å². The van der Waals surface area contributed by atoms with Gasteiger partial charge in [-0.1, -0.05) is 23.9 Å². The number of aromatic nitrogens is 2. The molecule has 0 unspecified atom stereocenters. The van der Waals surface area contributed by atoms with Crippen LogP contribution < -0.4 is 0 Å². The highest BCUT2D eigenvalue weighted by atomic mass is 32.2. The van der Waals surface area contributed by atoms with Crippen molar-refractivity contribution in [3.63, 3.8) is 0 Å². The van der Waals surface area contributed by atoms with Crippen molar-refractivity contribution in [1.82, 2.24) is 14.5 Å². The molecule has 2 aromatic rings. The van der Waals surface area contributed by atoms with Crippen LogP contribution in [0.4, 0.5) is 0 Å². The molecule has 0 saturated carbocycles. The second-order valence-electron chi connectivity index (χ2n) is 5.72. The van der Waals surface area contributed by atoms with Crippen LogP contribution in [-0.4, -0.2) is 38.2 Å². The fraction of sp³-hybridized carbons (Fsp3) is 0.500. The SMILES string of the molecule is CC(C)N(C(=O)CSc1nc2ccccc2n1C)C(C)C. The lowest BCUT2D eigenvalue weighted by atomic mass is 10.2. The lowest BCUT2D eigenvalue weighted by Crippen LogP contribution is -2.43. The number of amides is 1. The molecule has 1 aromatic carbocycles. The third-order valence-electron chi connectivity index (χ3n) is 3.47. The maximum absolute atomic E-state index is 12.4. The number of para-hydroxylation sites is 2. The molecule has 1 amide bonds. The minimum atomic E-state index is 0.164. The van der Waals surface area contributed by atoms with Gasteiger partial charge in [-0.2, -0.15) is 0 Å². The van der Waals surface area contributed by atoms with Crippen LogP contribution in [-0.2, 0) is 11.8 Å². The van der Waals surface area contributed by atoms with Gasteiger partial charge in [-0.3, -0.25) is 4.79 Å². The summed E-state index contributed by atoms with van der Waals surface area (Å²) >= 11 is 1.50. The van der Waals surface area contributed by atoms with Crippen molar-refractivity contribution in [2.24, 2.45) is 7.05 Å². The fourth-order valence-electron chi connectivity index (χ4n) is 2.63. The Morgan fingerprint density at radius 3 is 2.43 bits per heavy atom. The number of hydrogen-bond acceptors (Lipinski definition) is 3. The average molecular weight is 305 g/mol. The highest BCUT2D eigenvalue weighted by molar-refractivity contribution is 7.99. The molecule has 0 aliphatic rings. The van der Waals surface area contributed by atoms with Gasteiger partial charge in [0.2, 0.25) is 5.91 Å². The fourth-order valence-corrected chi connectivity index (χ4v) is 3.48. The summed E-state index contributed by atoms with van der Waals surface area (Å²) in [5.41, 5.74) is 2.07. The molecular weight excluding hydrogens is 282 g/mol. The first-order valence-electron chi connectivity index (χ1n) is 7.27. The Morgan fingerprint density at radius 2 is 1.86 bits per heavy atom. The zero-order valence-corrected chi connectivity index (χ0v) is 14.1. The van der Waals surface area contributed by atoms with E-state index in [1.54, 1.807) is 0 Å². The van der Waals surface area contributed by atoms with Crippen LogP contribution in [0.1, 0.15) is 27.7 Å². The second kappa shape index (κ2) is 6.52. The molecule has 0 aliphatic carbocycles. The van der Waals surface area contributed by atoms with Gasteiger partial charge < -0.3 is 9.47 Å². The van der Waals surface area contributed by atoms with Crippen LogP contribution in [0.2, 0.25) is 0 Å². The number of benzene rings is 1. The van der Waals surface area contributed by atoms with Gasteiger partial charge in [-0.15, -0.1) is 0 Å². The van der Waals surface area contributed by atoms with Crippen molar-refractivity contribution >= 4 is 28.7 Å². The third-order valence-corrected chi connectivity index (χ3v) is 4.49. The summed E-state index contributed by atoms with van der Waals surface area (Å²) in [5, 5.41) is 0.886. The largest absolute Gasteiger partial charge is 0.337 e. The molecule has 2 rings (SSSR count). The molecule has 0 atom stereocenters. The quantitative estimate of drug-likeness (QED) is 0.795. The Balaban J connectivity index is 2.11. The Hall–Kier alpha value is -1.49. The first-order valence-corrected chi connectivity index (χ1v) is 8.25. The van der Waals surface area contributed by atoms with Crippen molar-refractivity contribution in [2.45, 2.75) is 44.9 Å². The first-order chi connectivity index (χ1) is 9.91. The van der Waals surface area contributed by atoms with Crippen molar-refractivity contribution in [3.8, 4) is 0 Å². The van der Waals surface area contributed by atoms with Gasteiger partial charge in [-0.05, 0) is 39.8 Å². The number of imidazole rings is 1. The molecule has 0 spiro atoms. The van der Waals surface area contributed by atoms with E-state index in [0.29, 0.717) is 5.75 Å². The van der Waals surface area contributed by atoms with E-state index in [1.165, 1.54) is 11.8 Å². The second-order valence-corrected chi connectivity index (χ2v) is 6.66. The van der Waals surface area contributed by atoms with Gasteiger partial charge in [0, 0.05) is 19.1 Å². The number of aryl methyl sites for hydroxylation is 1. The predicted octanol–water partition coefficient (Wildman–Crippen LogP) is 3.31. The molecule has 0 bridgehead atoms. The zero-order chi connectivity index (χ0) is 15.6. The number of carbonyl (C=O) groups is 1. The highest BCUT2D eigenvalue weighted by Crippen LogP contribution is 2.23. The number of thioether (sulfide) groups is 1. The third kappa shape index (κ3) is 3.40. The summed E-state index contributed by atoms with van der Waals surface area (Å²) in [6.45, 7) is 8.21. The number of nitrogens with zero attached hydrogens (tertiary/aromatic N) is 3. The molecule has 114 valence electrons. The average Bonchev–Trinajstić information content (AvgIpc) is 2.73. The highest BCUT2D eigenvalue weighted by Gasteiger charge is 2.20. The normalized spacial score (nSPS) is 11.6. The Kier molecular flexibility index (Phi) is 4.93. The van der Waals surface area contributed by atoms with E-state index in [1.807, 2.05) is 40.8 Å². The van der Waals surface area contributed by atoms with Crippen molar-refractivity contribution in [2.75, 3.05) is 5.75 Å². The van der Waals surface area contributed by atoms with Gasteiger partial charge in [0.05, 0.1) is 16.8 Å². The lowest BCUT2D eigenvalue weighted by Gasteiger charge is -2.30. The summed E-state index contributed by atoms with van der Waals surface area (Å²) < 4.78 is 2.04. The minimum absolute atomic E-state index is 0.164. The summed E-state index contributed by atoms with van der Waals surface area (Å²) in [4.78, 5) is 18.9. The smallest absolute Gasteiger partial charge is 0.233 e. The van der Waals surface area contributed by atoms with Gasteiger partial charge >= 0.3 is 0 Å². The van der Waals surface area contributed by atoms with E-state index >= 15 is 0 Å². The van der Waals surface area contributed by atoms with E-state index in [2.05, 4.69) is 32.7 Å². The van der Waals surface area contributed by atoms with E-state index < -0.39 is 0 Å². The standard InChI is InChI=1S/C16H23N3OS/c1-11(2)19(12(3)4)15(20)10-21-16-17-13-8-6-7-9-14(13)18(16)5/h6-9,11-12H,10H2,1-5H3. The van der Waals surface area contributed by atoms with Crippen LogP contribution in [0.3, 0.4) is 0 Å². The summed E-state index contributed by atoms with van der Waals surface area (Å²) in [5.74, 6) is 0.588. The summed E-state index contributed by atoms with van der Waals surface area (Å²) in [7, 11) is 1.99. The maximum atomic E-state index is 12.4. The van der Waals surface area contributed by atoms with Crippen molar-refractivity contribution in [3.05, 3.63) is 24.3 Å². The number of hydrogen-bond donors (Lipinski definition) is 0. The molecule has 4 nitrogen and oxygen atoms in total. The van der Waals surface area contributed by atoms with E-state index in [4.69, 9.17) is 0 Å². The number of fused-ring (bicyclic) bond motifs is 1. The van der Waals surface area contributed by atoms with Crippen LogP contribution in [0.15, 0.2) is 29.4 Å². The predicted molar refractivity (Wildman–Crippen MR) is 88.6 cm³/mol. The van der Waals surface area contributed by atoms with Crippen LogP contribution >= 0.6 is 11.8 Å². The Labute approximate surface area is 130 Å². The maximum Gasteiger partial charge on any atom is 0.233 e. The molecule has 0 saturated heterocycles. The van der Waals surface area contributed by atoms with Crippen molar-refractivity contribution in [1.29, 1.82) is 0 Å². The summed E-state index contributed by atoms with van der Waals surface area (Å²) in [6.07, 6.45) is 0. The minimum Gasteiger partial charge on any atom is -0.337 e. The lowest BCUT2D eigenvalue weighted by molar-refractivity contribution is -0.131. The summed E-state index contributed by atoms with van der Waals surface area (Å²) in [6, 6.07) is 8.47. The molecular formula is C16H23N3OS. The number of carbonyl (C=O) groups excluding carboxylic acids is 1. The molecule has 0 N–H and O–H groups in total. The zero-order valence-electron chi connectivity index (χ0n) is 13.3.